The normalized spacial score (nSPS) is 12.0. The molecule has 0 saturated carbocycles. The summed E-state index contributed by atoms with van der Waals surface area (Å²) in [5, 5.41) is 3.57. The molecule has 0 spiro atoms. The van der Waals surface area contributed by atoms with Gasteiger partial charge in [0.2, 0.25) is 0 Å². The van der Waals surface area contributed by atoms with E-state index in [4.69, 9.17) is 0 Å². The van der Waals surface area contributed by atoms with Crippen LogP contribution >= 0.6 is 11.3 Å². The predicted molar refractivity (Wildman–Crippen MR) is 64.9 cm³/mol. The van der Waals surface area contributed by atoms with Crippen molar-refractivity contribution in [2.24, 2.45) is 0 Å². The lowest BCUT2D eigenvalue weighted by atomic mass is 10.0. The summed E-state index contributed by atoms with van der Waals surface area (Å²) >= 11 is 1.92. The molecule has 1 rings (SSSR count). The van der Waals surface area contributed by atoms with Gasteiger partial charge in [0.1, 0.15) is 0 Å². The lowest BCUT2D eigenvalue weighted by Gasteiger charge is -2.24. The van der Waals surface area contributed by atoms with Crippen molar-refractivity contribution in [2.45, 2.75) is 52.6 Å². The van der Waals surface area contributed by atoms with E-state index < -0.39 is 0 Å². The maximum atomic E-state index is 3.57. The number of thiophene rings is 1. The smallest absolute Gasteiger partial charge is 0.0304 e. The van der Waals surface area contributed by atoms with Gasteiger partial charge in [0, 0.05) is 21.8 Å². The van der Waals surface area contributed by atoms with Crippen molar-refractivity contribution in [1.29, 1.82) is 0 Å². The molecule has 1 aromatic rings. The average molecular weight is 211 g/mol. The van der Waals surface area contributed by atoms with Gasteiger partial charge in [-0.05, 0) is 38.8 Å². The molecule has 0 radical (unpaired) electrons. The fourth-order valence-electron chi connectivity index (χ4n) is 1.16. The second kappa shape index (κ2) is 4.94. The van der Waals surface area contributed by atoms with Crippen molar-refractivity contribution in [3.05, 3.63) is 21.9 Å². The summed E-state index contributed by atoms with van der Waals surface area (Å²) in [6.45, 7) is 9.94. The van der Waals surface area contributed by atoms with Crippen LogP contribution in [0.2, 0.25) is 0 Å². The van der Waals surface area contributed by atoms with E-state index in [1.54, 1.807) is 0 Å². The van der Waals surface area contributed by atoms with Crippen molar-refractivity contribution in [1.82, 2.24) is 5.32 Å². The Morgan fingerprint density at radius 1 is 1.21 bits per heavy atom. The molecule has 0 aromatic carbocycles. The standard InChI is InChI=1S/C12H21NS/c1-5-10-7-8-11(14-10)9-13-12(3,4)6-2/h7-8,13H,5-6,9H2,1-4H3. The molecule has 0 aliphatic heterocycles. The van der Waals surface area contributed by atoms with Gasteiger partial charge >= 0.3 is 0 Å². The first kappa shape index (κ1) is 11.7. The predicted octanol–water partition coefficient (Wildman–Crippen LogP) is 3.59. The summed E-state index contributed by atoms with van der Waals surface area (Å²) in [6, 6.07) is 4.48. The fourth-order valence-corrected chi connectivity index (χ4v) is 2.06. The van der Waals surface area contributed by atoms with Crippen LogP contribution in [-0.2, 0) is 13.0 Å². The second-order valence-corrected chi connectivity index (χ2v) is 5.57. The first-order valence-corrected chi connectivity index (χ1v) is 6.21. The molecule has 0 fully saturated rings. The zero-order valence-corrected chi connectivity index (χ0v) is 10.5. The highest BCUT2D eigenvalue weighted by Crippen LogP contribution is 2.18. The van der Waals surface area contributed by atoms with E-state index in [-0.39, 0.29) is 5.54 Å². The molecular formula is C12H21NS. The Morgan fingerprint density at radius 3 is 2.36 bits per heavy atom. The third kappa shape index (κ3) is 3.43. The molecule has 0 aliphatic rings. The zero-order chi connectivity index (χ0) is 10.6. The molecule has 0 unspecified atom stereocenters. The molecule has 0 saturated heterocycles. The lowest BCUT2D eigenvalue weighted by Crippen LogP contribution is -2.37. The van der Waals surface area contributed by atoms with E-state index in [1.165, 1.54) is 16.2 Å². The topological polar surface area (TPSA) is 12.0 Å². The van der Waals surface area contributed by atoms with Crippen LogP contribution in [0.15, 0.2) is 12.1 Å². The van der Waals surface area contributed by atoms with Crippen LogP contribution in [0.25, 0.3) is 0 Å². The highest BCUT2D eigenvalue weighted by molar-refractivity contribution is 7.11. The summed E-state index contributed by atoms with van der Waals surface area (Å²) in [5.41, 5.74) is 0.260. The van der Waals surface area contributed by atoms with Gasteiger partial charge in [0.15, 0.2) is 0 Å². The molecular weight excluding hydrogens is 190 g/mol. The molecule has 1 N–H and O–H groups in total. The number of nitrogens with one attached hydrogen (secondary N) is 1. The number of rotatable bonds is 5. The minimum absolute atomic E-state index is 0.260. The van der Waals surface area contributed by atoms with Crippen molar-refractivity contribution >= 4 is 11.3 Å². The monoisotopic (exact) mass is 211 g/mol. The van der Waals surface area contributed by atoms with Crippen molar-refractivity contribution in [3.8, 4) is 0 Å². The van der Waals surface area contributed by atoms with Crippen LogP contribution in [-0.4, -0.2) is 5.54 Å². The van der Waals surface area contributed by atoms with Gasteiger partial charge in [-0.2, -0.15) is 0 Å². The van der Waals surface area contributed by atoms with Crippen LogP contribution in [0.5, 0.6) is 0 Å². The molecule has 0 atom stereocenters. The van der Waals surface area contributed by atoms with E-state index in [1.807, 2.05) is 11.3 Å². The van der Waals surface area contributed by atoms with Crippen LogP contribution in [0.4, 0.5) is 0 Å². The summed E-state index contributed by atoms with van der Waals surface area (Å²) in [5.74, 6) is 0. The van der Waals surface area contributed by atoms with Gasteiger partial charge < -0.3 is 5.32 Å². The van der Waals surface area contributed by atoms with Crippen LogP contribution in [0.1, 0.15) is 43.9 Å². The Balaban J connectivity index is 2.45. The van der Waals surface area contributed by atoms with E-state index in [2.05, 4.69) is 45.1 Å². The summed E-state index contributed by atoms with van der Waals surface area (Å²) in [6.07, 6.45) is 2.32. The van der Waals surface area contributed by atoms with Gasteiger partial charge in [-0.15, -0.1) is 11.3 Å². The minimum atomic E-state index is 0.260. The SMILES string of the molecule is CCc1ccc(CNC(C)(C)CC)s1. The third-order valence-corrected chi connectivity index (χ3v) is 3.92. The molecule has 1 nitrogen and oxygen atoms in total. The third-order valence-electron chi connectivity index (χ3n) is 2.69. The van der Waals surface area contributed by atoms with Crippen LogP contribution in [0.3, 0.4) is 0 Å². The van der Waals surface area contributed by atoms with Crippen LogP contribution < -0.4 is 5.32 Å². The second-order valence-electron chi connectivity index (χ2n) is 4.31. The molecule has 2 heteroatoms. The lowest BCUT2D eigenvalue weighted by molar-refractivity contribution is 0.376. The van der Waals surface area contributed by atoms with E-state index >= 15 is 0 Å². The fraction of sp³-hybridized carbons (Fsp3) is 0.667. The number of hydrogen-bond acceptors (Lipinski definition) is 2. The molecule has 1 aromatic heterocycles. The van der Waals surface area contributed by atoms with Gasteiger partial charge in [-0.3, -0.25) is 0 Å². The maximum absolute atomic E-state index is 3.57. The maximum Gasteiger partial charge on any atom is 0.0304 e. The Bertz CT molecular complexity index is 276. The molecule has 0 bridgehead atoms. The van der Waals surface area contributed by atoms with Gasteiger partial charge in [-0.25, -0.2) is 0 Å². The Hall–Kier alpha value is -0.340. The molecule has 80 valence electrons. The van der Waals surface area contributed by atoms with Gasteiger partial charge in [0.05, 0.1) is 0 Å². The first-order chi connectivity index (χ1) is 6.57. The number of aryl methyl sites for hydroxylation is 1. The summed E-state index contributed by atoms with van der Waals surface area (Å²) in [4.78, 5) is 2.93. The van der Waals surface area contributed by atoms with E-state index in [0.29, 0.717) is 0 Å². The summed E-state index contributed by atoms with van der Waals surface area (Å²) < 4.78 is 0. The van der Waals surface area contributed by atoms with Crippen LogP contribution in [0, 0.1) is 0 Å². The highest BCUT2D eigenvalue weighted by atomic mass is 32.1. The first-order valence-electron chi connectivity index (χ1n) is 5.40. The van der Waals surface area contributed by atoms with E-state index in [0.717, 1.165) is 13.0 Å². The molecule has 0 aliphatic carbocycles. The van der Waals surface area contributed by atoms with Gasteiger partial charge in [-0.1, -0.05) is 13.8 Å². The molecule has 14 heavy (non-hydrogen) atoms. The van der Waals surface area contributed by atoms with Crippen molar-refractivity contribution in [2.75, 3.05) is 0 Å². The Labute approximate surface area is 91.5 Å². The Morgan fingerprint density at radius 2 is 1.86 bits per heavy atom. The quantitative estimate of drug-likeness (QED) is 0.785. The summed E-state index contributed by atoms with van der Waals surface area (Å²) in [7, 11) is 0. The van der Waals surface area contributed by atoms with E-state index in [9.17, 15) is 0 Å². The van der Waals surface area contributed by atoms with Gasteiger partial charge in [0.25, 0.3) is 0 Å². The van der Waals surface area contributed by atoms with Crippen molar-refractivity contribution < 1.29 is 0 Å². The Kier molecular flexibility index (Phi) is 4.14. The average Bonchev–Trinajstić information content (AvgIpc) is 2.63. The largest absolute Gasteiger partial charge is 0.307 e. The minimum Gasteiger partial charge on any atom is -0.307 e. The molecule has 1 heterocycles. The highest BCUT2D eigenvalue weighted by Gasteiger charge is 2.13. The molecule has 0 amide bonds. The zero-order valence-electron chi connectivity index (χ0n) is 9.68. The number of hydrogen-bond donors (Lipinski definition) is 1. The van der Waals surface area contributed by atoms with Crippen molar-refractivity contribution in [3.63, 3.8) is 0 Å².